The highest BCUT2D eigenvalue weighted by molar-refractivity contribution is 6.30. The monoisotopic (exact) mass is 306 g/mol. The van der Waals surface area contributed by atoms with Crippen LogP contribution in [-0.2, 0) is 6.54 Å². The Labute approximate surface area is 127 Å². The predicted molar refractivity (Wildman–Crippen MR) is 83.2 cm³/mol. The summed E-state index contributed by atoms with van der Waals surface area (Å²) in [6, 6.07) is 10.2. The summed E-state index contributed by atoms with van der Waals surface area (Å²) in [5.74, 6) is 0.462. The summed E-state index contributed by atoms with van der Waals surface area (Å²) < 4.78 is 5.09. The molecule has 6 heteroatoms. The molecule has 0 aliphatic heterocycles. The van der Waals surface area contributed by atoms with Gasteiger partial charge in [0.25, 0.3) is 5.69 Å². The average molecular weight is 307 g/mol. The zero-order chi connectivity index (χ0) is 15.4. The minimum absolute atomic E-state index is 0.00830. The van der Waals surface area contributed by atoms with E-state index in [1.54, 1.807) is 6.07 Å². The first-order valence-electron chi connectivity index (χ1n) is 6.32. The summed E-state index contributed by atoms with van der Waals surface area (Å²) in [4.78, 5) is 10.5. The lowest BCUT2D eigenvalue weighted by molar-refractivity contribution is -0.385. The molecule has 110 valence electrons. The molecular formula is C15H15ClN2O3. The van der Waals surface area contributed by atoms with Crippen LogP contribution in [0.15, 0.2) is 36.4 Å². The number of halogens is 1. The predicted octanol–water partition coefficient (Wildman–Crippen LogP) is 4.18. The van der Waals surface area contributed by atoms with Gasteiger partial charge in [0.2, 0.25) is 0 Å². The van der Waals surface area contributed by atoms with Crippen molar-refractivity contribution in [2.24, 2.45) is 0 Å². The topological polar surface area (TPSA) is 64.4 Å². The van der Waals surface area contributed by atoms with E-state index in [4.69, 9.17) is 16.3 Å². The summed E-state index contributed by atoms with van der Waals surface area (Å²) in [6.45, 7) is 2.41. The highest BCUT2D eigenvalue weighted by Gasteiger charge is 2.10. The molecule has 0 aromatic heterocycles. The summed E-state index contributed by atoms with van der Waals surface area (Å²) in [6.07, 6.45) is 0. The van der Waals surface area contributed by atoms with E-state index in [-0.39, 0.29) is 5.69 Å². The summed E-state index contributed by atoms with van der Waals surface area (Å²) in [5.41, 5.74) is 2.72. The van der Waals surface area contributed by atoms with Crippen molar-refractivity contribution in [3.8, 4) is 5.75 Å². The summed E-state index contributed by atoms with van der Waals surface area (Å²) in [5, 5.41) is 14.8. The van der Waals surface area contributed by atoms with Gasteiger partial charge in [-0.3, -0.25) is 10.1 Å². The third-order valence-corrected chi connectivity index (χ3v) is 3.32. The Morgan fingerprint density at radius 2 is 2.05 bits per heavy atom. The smallest absolute Gasteiger partial charge is 0.273 e. The second-order valence-electron chi connectivity index (χ2n) is 4.61. The first kappa shape index (κ1) is 15.1. The van der Waals surface area contributed by atoms with Crippen LogP contribution in [0.5, 0.6) is 5.75 Å². The number of rotatable bonds is 5. The molecule has 0 heterocycles. The molecule has 0 aliphatic carbocycles. The average Bonchev–Trinajstić information content (AvgIpc) is 2.47. The fraction of sp³-hybridized carbons (Fsp3) is 0.200. The molecule has 2 aromatic carbocycles. The number of methoxy groups -OCH3 is 1. The molecule has 1 N–H and O–H groups in total. The summed E-state index contributed by atoms with van der Waals surface area (Å²) in [7, 11) is 1.48. The first-order chi connectivity index (χ1) is 9.99. The van der Waals surface area contributed by atoms with Crippen molar-refractivity contribution in [1.29, 1.82) is 0 Å². The van der Waals surface area contributed by atoms with Gasteiger partial charge in [-0.15, -0.1) is 0 Å². The maximum absolute atomic E-state index is 10.9. The minimum atomic E-state index is -0.434. The Morgan fingerprint density at radius 1 is 1.29 bits per heavy atom. The highest BCUT2D eigenvalue weighted by Crippen LogP contribution is 2.25. The SMILES string of the molecule is COc1cc(CNc2cc(Cl)ccc2C)cc([N+](=O)[O-])c1. The van der Waals surface area contributed by atoms with Gasteiger partial charge in [0.05, 0.1) is 18.1 Å². The molecule has 0 spiro atoms. The second kappa shape index (κ2) is 6.45. The highest BCUT2D eigenvalue weighted by atomic mass is 35.5. The lowest BCUT2D eigenvalue weighted by atomic mass is 10.1. The molecule has 0 atom stereocenters. The third kappa shape index (κ3) is 3.86. The molecule has 0 saturated carbocycles. The van der Waals surface area contributed by atoms with Crippen LogP contribution in [0.25, 0.3) is 0 Å². The lowest BCUT2D eigenvalue weighted by Crippen LogP contribution is -2.02. The molecule has 21 heavy (non-hydrogen) atoms. The van der Waals surface area contributed by atoms with Crippen molar-refractivity contribution in [3.63, 3.8) is 0 Å². The van der Waals surface area contributed by atoms with Gasteiger partial charge in [0.15, 0.2) is 0 Å². The second-order valence-corrected chi connectivity index (χ2v) is 5.05. The fourth-order valence-electron chi connectivity index (χ4n) is 1.95. The fourth-order valence-corrected chi connectivity index (χ4v) is 2.12. The Kier molecular flexibility index (Phi) is 4.65. The van der Waals surface area contributed by atoms with Crippen LogP contribution in [0.2, 0.25) is 5.02 Å². The number of nitrogens with one attached hydrogen (secondary N) is 1. The Bertz CT molecular complexity index is 674. The van der Waals surface area contributed by atoms with Gasteiger partial charge in [0, 0.05) is 23.3 Å². The maximum atomic E-state index is 10.9. The normalized spacial score (nSPS) is 10.2. The number of nitrogens with zero attached hydrogens (tertiary/aromatic N) is 1. The Morgan fingerprint density at radius 3 is 2.71 bits per heavy atom. The molecule has 0 saturated heterocycles. The molecule has 0 aliphatic rings. The number of nitro benzene ring substituents is 1. The molecule has 2 rings (SSSR count). The van der Waals surface area contributed by atoms with Gasteiger partial charge in [0.1, 0.15) is 5.75 Å². The number of ether oxygens (including phenoxy) is 1. The van der Waals surface area contributed by atoms with E-state index in [9.17, 15) is 10.1 Å². The van der Waals surface area contributed by atoms with Gasteiger partial charge in [-0.05, 0) is 36.2 Å². The van der Waals surface area contributed by atoms with Crippen molar-refractivity contribution in [1.82, 2.24) is 0 Å². The molecule has 0 unspecified atom stereocenters. The Hall–Kier alpha value is -2.27. The first-order valence-corrected chi connectivity index (χ1v) is 6.70. The van der Waals surface area contributed by atoms with Gasteiger partial charge in [-0.25, -0.2) is 0 Å². The molecule has 2 aromatic rings. The number of benzene rings is 2. The van der Waals surface area contributed by atoms with Crippen LogP contribution in [0, 0.1) is 17.0 Å². The third-order valence-electron chi connectivity index (χ3n) is 3.08. The van der Waals surface area contributed by atoms with Crippen LogP contribution in [-0.4, -0.2) is 12.0 Å². The van der Waals surface area contributed by atoms with Crippen LogP contribution in [0.1, 0.15) is 11.1 Å². The van der Waals surface area contributed by atoms with Crippen LogP contribution in [0.4, 0.5) is 11.4 Å². The maximum Gasteiger partial charge on any atom is 0.273 e. The van der Waals surface area contributed by atoms with Crippen molar-refractivity contribution in [3.05, 3.63) is 62.7 Å². The number of anilines is 1. The largest absolute Gasteiger partial charge is 0.496 e. The van der Waals surface area contributed by atoms with Crippen LogP contribution in [0.3, 0.4) is 0 Å². The molecular weight excluding hydrogens is 292 g/mol. The van der Waals surface area contributed by atoms with E-state index in [1.807, 2.05) is 25.1 Å². The number of hydrogen-bond acceptors (Lipinski definition) is 4. The van der Waals surface area contributed by atoms with Crippen molar-refractivity contribution in [2.75, 3.05) is 12.4 Å². The number of non-ortho nitro benzene ring substituents is 1. The molecule has 0 bridgehead atoms. The van der Waals surface area contributed by atoms with E-state index >= 15 is 0 Å². The van der Waals surface area contributed by atoms with Gasteiger partial charge in [-0.1, -0.05) is 17.7 Å². The molecule has 0 radical (unpaired) electrons. The van der Waals surface area contributed by atoms with Crippen LogP contribution < -0.4 is 10.1 Å². The van der Waals surface area contributed by atoms with E-state index < -0.39 is 4.92 Å². The van der Waals surface area contributed by atoms with E-state index in [2.05, 4.69) is 5.32 Å². The van der Waals surface area contributed by atoms with Gasteiger partial charge < -0.3 is 10.1 Å². The van der Waals surface area contributed by atoms with E-state index in [1.165, 1.54) is 19.2 Å². The van der Waals surface area contributed by atoms with Crippen molar-refractivity contribution >= 4 is 23.0 Å². The zero-order valence-corrected chi connectivity index (χ0v) is 12.5. The zero-order valence-electron chi connectivity index (χ0n) is 11.7. The minimum Gasteiger partial charge on any atom is -0.496 e. The van der Waals surface area contributed by atoms with E-state index in [0.29, 0.717) is 17.3 Å². The number of aryl methyl sites for hydroxylation is 1. The lowest BCUT2D eigenvalue weighted by Gasteiger charge is -2.11. The van der Waals surface area contributed by atoms with Crippen molar-refractivity contribution < 1.29 is 9.66 Å². The van der Waals surface area contributed by atoms with Crippen molar-refractivity contribution in [2.45, 2.75) is 13.5 Å². The number of hydrogen-bond donors (Lipinski definition) is 1. The van der Waals surface area contributed by atoms with Gasteiger partial charge in [-0.2, -0.15) is 0 Å². The molecule has 0 amide bonds. The van der Waals surface area contributed by atoms with Gasteiger partial charge >= 0.3 is 0 Å². The Balaban J connectivity index is 2.21. The quantitative estimate of drug-likeness (QED) is 0.665. The molecule has 0 fully saturated rings. The van der Waals surface area contributed by atoms with E-state index in [0.717, 1.165) is 16.8 Å². The van der Waals surface area contributed by atoms with Crippen LogP contribution >= 0.6 is 11.6 Å². The standard InChI is InChI=1S/C15H15ClN2O3/c1-10-3-4-12(16)7-15(10)17-9-11-5-13(18(19)20)8-14(6-11)21-2/h3-8,17H,9H2,1-2H3. The summed E-state index contributed by atoms with van der Waals surface area (Å²) >= 11 is 5.96. The number of nitro groups is 1. The molecule has 5 nitrogen and oxygen atoms in total.